The van der Waals surface area contributed by atoms with Gasteiger partial charge in [-0.1, -0.05) is 34.8 Å². The van der Waals surface area contributed by atoms with Gasteiger partial charge in [-0.2, -0.15) is 9.78 Å². The summed E-state index contributed by atoms with van der Waals surface area (Å²) in [4.78, 5) is 12.5. The second kappa shape index (κ2) is 6.28. The van der Waals surface area contributed by atoms with Crippen LogP contribution in [-0.2, 0) is 0 Å². The van der Waals surface area contributed by atoms with Gasteiger partial charge in [0.15, 0.2) is 0 Å². The predicted octanol–water partition coefficient (Wildman–Crippen LogP) is 3.89. The van der Waals surface area contributed by atoms with Crippen LogP contribution < -0.4 is 10.6 Å². The quantitative estimate of drug-likeness (QED) is 0.703. The fourth-order valence-corrected chi connectivity index (χ4v) is 2.86. The van der Waals surface area contributed by atoms with E-state index in [0.29, 0.717) is 21.4 Å². The lowest BCUT2D eigenvalue weighted by molar-refractivity contribution is 0.752. The van der Waals surface area contributed by atoms with Crippen molar-refractivity contribution >= 4 is 40.5 Å². The molecule has 0 saturated heterocycles. The summed E-state index contributed by atoms with van der Waals surface area (Å²) in [7, 11) is 1.78. The maximum atomic E-state index is 12.5. The highest BCUT2D eigenvalue weighted by molar-refractivity contribution is 6.36. The highest BCUT2D eigenvalue weighted by atomic mass is 35.5. The lowest BCUT2D eigenvalue weighted by Crippen LogP contribution is -2.29. The van der Waals surface area contributed by atoms with Gasteiger partial charge < -0.3 is 0 Å². The van der Waals surface area contributed by atoms with E-state index in [1.807, 2.05) is 24.5 Å². The fourth-order valence-electron chi connectivity index (χ4n) is 2.12. The zero-order valence-electron chi connectivity index (χ0n) is 11.9. The predicted molar refractivity (Wildman–Crippen MR) is 93.1 cm³/mol. The molecule has 0 aliphatic heterocycles. The number of nitrogens with zero attached hydrogens (tertiary/aromatic N) is 4. The first-order valence-electron chi connectivity index (χ1n) is 6.59. The lowest BCUT2D eigenvalue weighted by Gasteiger charge is -2.21. The first-order chi connectivity index (χ1) is 11.0. The molecule has 23 heavy (non-hydrogen) atoms. The van der Waals surface area contributed by atoms with Crippen LogP contribution in [0.2, 0.25) is 15.1 Å². The molecule has 0 unspecified atom stereocenters. The van der Waals surface area contributed by atoms with Crippen LogP contribution in [0.3, 0.4) is 0 Å². The number of hydrogen-bond acceptors (Lipinski definition) is 3. The Bertz CT molecular complexity index is 906. The molecule has 0 amide bonds. The summed E-state index contributed by atoms with van der Waals surface area (Å²) < 4.78 is 2.93. The van der Waals surface area contributed by atoms with Crippen molar-refractivity contribution < 1.29 is 0 Å². The minimum absolute atomic E-state index is 0.0437. The average molecular weight is 370 g/mol. The van der Waals surface area contributed by atoms with E-state index in [1.165, 1.54) is 6.20 Å². The van der Waals surface area contributed by atoms with Gasteiger partial charge in [-0.25, -0.2) is 0 Å². The third kappa shape index (κ3) is 2.95. The van der Waals surface area contributed by atoms with E-state index < -0.39 is 5.56 Å². The molecule has 8 heteroatoms. The monoisotopic (exact) mass is 368 g/mol. The number of hydrogen-bond donors (Lipinski definition) is 0. The maximum absolute atomic E-state index is 12.5. The van der Waals surface area contributed by atoms with E-state index in [2.05, 4.69) is 5.10 Å². The first-order valence-corrected chi connectivity index (χ1v) is 7.72. The molecule has 118 valence electrons. The van der Waals surface area contributed by atoms with E-state index >= 15 is 0 Å². The lowest BCUT2D eigenvalue weighted by atomic mass is 10.3. The van der Waals surface area contributed by atoms with Crippen molar-refractivity contribution in [2.24, 2.45) is 0 Å². The van der Waals surface area contributed by atoms with Crippen molar-refractivity contribution in [3.63, 3.8) is 0 Å². The van der Waals surface area contributed by atoms with Gasteiger partial charge in [-0.05, 0) is 30.3 Å². The molecule has 0 saturated carbocycles. The summed E-state index contributed by atoms with van der Waals surface area (Å²) >= 11 is 18.2. The number of rotatable bonds is 3. The van der Waals surface area contributed by atoms with Gasteiger partial charge in [-0.3, -0.25) is 14.5 Å². The molecule has 0 N–H and O–H groups in total. The van der Waals surface area contributed by atoms with Crippen molar-refractivity contribution in [1.29, 1.82) is 0 Å². The van der Waals surface area contributed by atoms with Crippen LogP contribution >= 0.6 is 34.8 Å². The highest BCUT2D eigenvalue weighted by Gasteiger charge is 2.16. The van der Waals surface area contributed by atoms with Gasteiger partial charge in [0.1, 0.15) is 10.7 Å². The molecule has 1 aromatic carbocycles. The summed E-state index contributed by atoms with van der Waals surface area (Å²) in [5.41, 5.74) is 0.430. The molecule has 2 aromatic heterocycles. The zero-order valence-corrected chi connectivity index (χ0v) is 14.2. The third-order valence-corrected chi connectivity index (χ3v) is 4.22. The average Bonchev–Trinajstić information content (AvgIpc) is 3.04. The number of benzene rings is 1. The van der Waals surface area contributed by atoms with E-state index in [0.717, 1.165) is 4.68 Å². The minimum Gasteiger partial charge on any atom is -0.282 e. The Labute approximate surface area is 147 Å². The Kier molecular flexibility index (Phi) is 4.35. The Morgan fingerprint density at radius 1 is 1.13 bits per heavy atom. The zero-order chi connectivity index (χ0) is 16.6. The molecule has 0 bridgehead atoms. The number of anilines is 1. The molecule has 0 spiro atoms. The van der Waals surface area contributed by atoms with Gasteiger partial charge in [-0.15, -0.1) is 0 Å². The van der Waals surface area contributed by atoms with Crippen molar-refractivity contribution in [3.05, 3.63) is 74.3 Å². The Morgan fingerprint density at radius 3 is 2.48 bits per heavy atom. The highest BCUT2D eigenvalue weighted by Crippen LogP contribution is 2.25. The van der Waals surface area contributed by atoms with Gasteiger partial charge in [0.2, 0.25) is 0 Å². The van der Waals surface area contributed by atoms with Crippen LogP contribution in [0.1, 0.15) is 0 Å². The molecular weight excluding hydrogens is 359 g/mol. The standard InChI is InChI=1S/C15H11Cl3N4O/c1-20(21-6-2-3-7-21)13-9-19-22(15(23)14(13)18)12-5-4-10(16)8-11(12)17/h2-9H,1H3. The van der Waals surface area contributed by atoms with E-state index in [4.69, 9.17) is 34.8 Å². The van der Waals surface area contributed by atoms with Gasteiger partial charge >= 0.3 is 0 Å². The van der Waals surface area contributed by atoms with E-state index in [-0.39, 0.29) is 5.02 Å². The molecule has 3 aromatic rings. The normalized spacial score (nSPS) is 10.8. The van der Waals surface area contributed by atoms with Gasteiger partial charge in [0.05, 0.1) is 16.9 Å². The Hall–Kier alpha value is -1.95. The third-order valence-electron chi connectivity index (χ3n) is 3.32. The topological polar surface area (TPSA) is 43.1 Å². The van der Waals surface area contributed by atoms with Crippen LogP contribution in [0.4, 0.5) is 5.69 Å². The molecule has 3 rings (SSSR count). The SMILES string of the molecule is CN(c1cnn(-c2ccc(Cl)cc2Cl)c(=O)c1Cl)n1cccc1. The Morgan fingerprint density at radius 2 is 1.83 bits per heavy atom. The fraction of sp³-hybridized carbons (Fsp3) is 0.0667. The number of aromatic nitrogens is 3. The number of halogens is 3. The molecular formula is C15H11Cl3N4O. The van der Waals surface area contributed by atoms with E-state index in [9.17, 15) is 4.79 Å². The second-order valence-electron chi connectivity index (χ2n) is 4.74. The van der Waals surface area contributed by atoms with Crippen LogP contribution in [0.25, 0.3) is 5.69 Å². The minimum atomic E-state index is -0.465. The molecule has 0 fully saturated rings. The summed E-state index contributed by atoms with van der Waals surface area (Å²) in [5.74, 6) is 0. The molecule has 2 heterocycles. The molecule has 0 atom stereocenters. The summed E-state index contributed by atoms with van der Waals surface area (Å²) in [5, 5.41) is 6.71. The summed E-state index contributed by atoms with van der Waals surface area (Å²) in [6.07, 6.45) is 5.17. The van der Waals surface area contributed by atoms with Gasteiger partial charge in [0.25, 0.3) is 5.56 Å². The Balaban J connectivity index is 2.10. The largest absolute Gasteiger partial charge is 0.292 e. The molecule has 0 aliphatic carbocycles. The van der Waals surface area contributed by atoms with Crippen molar-refractivity contribution in [1.82, 2.24) is 14.5 Å². The maximum Gasteiger partial charge on any atom is 0.292 e. The van der Waals surface area contributed by atoms with Crippen LogP contribution in [-0.4, -0.2) is 21.5 Å². The summed E-state index contributed by atoms with van der Waals surface area (Å²) in [6, 6.07) is 8.52. The summed E-state index contributed by atoms with van der Waals surface area (Å²) in [6.45, 7) is 0. The van der Waals surface area contributed by atoms with Gasteiger partial charge in [0, 0.05) is 24.5 Å². The first kappa shape index (κ1) is 15.9. The van der Waals surface area contributed by atoms with Crippen molar-refractivity contribution in [2.75, 3.05) is 12.1 Å². The molecule has 0 radical (unpaired) electrons. The molecule has 0 aliphatic rings. The van der Waals surface area contributed by atoms with Crippen LogP contribution in [0, 0.1) is 0 Å². The molecule has 5 nitrogen and oxygen atoms in total. The van der Waals surface area contributed by atoms with Crippen LogP contribution in [0.5, 0.6) is 0 Å². The van der Waals surface area contributed by atoms with Crippen molar-refractivity contribution in [2.45, 2.75) is 0 Å². The second-order valence-corrected chi connectivity index (χ2v) is 5.96. The van der Waals surface area contributed by atoms with Crippen LogP contribution in [0.15, 0.2) is 53.7 Å². The van der Waals surface area contributed by atoms with Crippen molar-refractivity contribution in [3.8, 4) is 5.69 Å². The smallest absolute Gasteiger partial charge is 0.282 e. The van der Waals surface area contributed by atoms with E-state index in [1.54, 1.807) is 34.9 Å².